The minimum atomic E-state index is -0.477. The highest BCUT2D eigenvalue weighted by molar-refractivity contribution is 6.39. The van der Waals surface area contributed by atoms with E-state index in [1.54, 1.807) is 18.2 Å². The van der Waals surface area contributed by atoms with Crippen LogP contribution in [0.1, 0.15) is 41.6 Å². The predicted molar refractivity (Wildman–Crippen MR) is 101 cm³/mol. The molecule has 1 aromatic heterocycles. The number of anilines is 1. The van der Waals surface area contributed by atoms with Crippen molar-refractivity contribution in [2.24, 2.45) is 0 Å². The number of nitrogens with zero attached hydrogens (tertiary/aromatic N) is 1. The Morgan fingerprint density at radius 1 is 1.23 bits per heavy atom. The van der Waals surface area contributed by atoms with Crippen LogP contribution >= 0.6 is 23.2 Å². The summed E-state index contributed by atoms with van der Waals surface area (Å²) in [5.41, 5.74) is 1.46. The van der Waals surface area contributed by atoms with Gasteiger partial charge in [-0.3, -0.25) is 14.2 Å². The van der Waals surface area contributed by atoms with Gasteiger partial charge in [0.2, 0.25) is 0 Å². The molecule has 1 aromatic carbocycles. The van der Waals surface area contributed by atoms with Gasteiger partial charge in [0.25, 0.3) is 5.91 Å². The molecule has 1 amide bonds. The average Bonchev–Trinajstić information content (AvgIpc) is 3.13. The van der Waals surface area contributed by atoms with E-state index in [2.05, 4.69) is 10.3 Å². The Balaban J connectivity index is 1.83. The minimum absolute atomic E-state index is 0.121. The number of carbonyl (C=O) groups is 1. The van der Waals surface area contributed by atoms with E-state index < -0.39 is 6.67 Å². The lowest BCUT2D eigenvalue weighted by atomic mass is 10.1. The van der Waals surface area contributed by atoms with Gasteiger partial charge in [-0.2, -0.15) is 0 Å². The molecule has 0 atom stereocenters. The molecule has 0 unspecified atom stereocenters. The lowest BCUT2D eigenvalue weighted by Crippen LogP contribution is -2.16. The van der Waals surface area contributed by atoms with E-state index in [0.29, 0.717) is 17.0 Å². The summed E-state index contributed by atoms with van der Waals surface area (Å²) in [6, 6.07) is 5.03. The van der Waals surface area contributed by atoms with Gasteiger partial charge in [0, 0.05) is 24.4 Å². The maximum absolute atomic E-state index is 12.8. The van der Waals surface area contributed by atoms with Crippen molar-refractivity contribution >= 4 is 34.8 Å². The number of nitrogens with one attached hydrogen (secondary N) is 1. The van der Waals surface area contributed by atoms with E-state index in [4.69, 9.17) is 27.9 Å². The van der Waals surface area contributed by atoms with E-state index in [0.717, 1.165) is 31.2 Å². The van der Waals surface area contributed by atoms with E-state index in [1.165, 1.54) is 12.4 Å². The van der Waals surface area contributed by atoms with Gasteiger partial charge >= 0.3 is 0 Å². The van der Waals surface area contributed by atoms with Crippen molar-refractivity contribution in [3.8, 4) is 5.75 Å². The number of alkyl halides is 1. The van der Waals surface area contributed by atoms with Gasteiger partial charge in [-0.1, -0.05) is 29.3 Å². The molecule has 7 heteroatoms. The van der Waals surface area contributed by atoms with Gasteiger partial charge in [0.15, 0.2) is 0 Å². The molecule has 0 spiro atoms. The standard InChI is InChI=1S/C19H19Cl2FN2O2/c20-15-10-23-11-16(21)18(15)24-19(25)13-6-5-12(7-8-22)17(9-13)26-14-3-1-2-4-14/h5-6,9-11,14H,1-4,7-8H2,(H,23,24,25). The Labute approximate surface area is 161 Å². The fraction of sp³-hybridized carbons (Fsp3) is 0.368. The second-order valence-electron chi connectivity index (χ2n) is 6.22. The minimum Gasteiger partial charge on any atom is -0.490 e. The molecular formula is C19H19Cl2FN2O2. The van der Waals surface area contributed by atoms with Gasteiger partial charge in [-0.15, -0.1) is 0 Å². The molecule has 0 radical (unpaired) electrons. The van der Waals surface area contributed by atoms with Gasteiger partial charge in [-0.25, -0.2) is 0 Å². The van der Waals surface area contributed by atoms with E-state index in [1.807, 2.05) is 0 Å². The number of carbonyl (C=O) groups excluding carboxylic acids is 1. The maximum Gasteiger partial charge on any atom is 0.255 e. The third-order valence-electron chi connectivity index (χ3n) is 4.38. The number of halogens is 3. The zero-order valence-corrected chi connectivity index (χ0v) is 15.6. The first-order valence-electron chi connectivity index (χ1n) is 8.54. The van der Waals surface area contributed by atoms with Crippen molar-refractivity contribution < 1.29 is 13.9 Å². The smallest absolute Gasteiger partial charge is 0.255 e. The Morgan fingerprint density at radius 3 is 2.58 bits per heavy atom. The van der Waals surface area contributed by atoms with Crippen LogP contribution in [0.25, 0.3) is 0 Å². The SMILES string of the molecule is O=C(Nc1c(Cl)cncc1Cl)c1ccc(CCF)c(OC2CCCC2)c1. The summed E-state index contributed by atoms with van der Waals surface area (Å²) >= 11 is 12.1. The van der Waals surface area contributed by atoms with Crippen LogP contribution in [0.4, 0.5) is 10.1 Å². The first-order chi connectivity index (χ1) is 12.6. The Bertz CT molecular complexity index is 775. The monoisotopic (exact) mass is 396 g/mol. The van der Waals surface area contributed by atoms with Crippen LogP contribution in [-0.2, 0) is 6.42 Å². The number of rotatable bonds is 6. The van der Waals surface area contributed by atoms with E-state index >= 15 is 0 Å². The summed E-state index contributed by atoms with van der Waals surface area (Å²) < 4.78 is 18.9. The van der Waals surface area contributed by atoms with Gasteiger partial charge < -0.3 is 10.1 Å². The zero-order valence-electron chi connectivity index (χ0n) is 14.1. The summed E-state index contributed by atoms with van der Waals surface area (Å²) in [6.07, 6.45) is 7.40. The first kappa shape index (κ1) is 18.9. The molecule has 138 valence electrons. The molecule has 0 bridgehead atoms. The van der Waals surface area contributed by atoms with Crippen LogP contribution in [0.2, 0.25) is 10.0 Å². The molecule has 1 heterocycles. The first-order valence-corrected chi connectivity index (χ1v) is 9.30. The van der Waals surface area contributed by atoms with E-state index in [9.17, 15) is 9.18 Å². The molecule has 1 aliphatic rings. The Kier molecular flexibility index (Phi) is 6.33. The highest BCUT2D eigenvalue weighted by Crippen LogP contribution is 2.31. The quantitative estimate of drug-likeness (QED) is 0.703. The van der Waals surface area contributed by atoms with Crippen LogP contribution in [-0.4, -0.2) is 23.7 Å². The van der Waals surface area contributed by atoms with Gasteiger partial charge in [-0.05, 0) is 43.4 Å². The number of aryl methyl sites for hydroxylation is 1. The number of aromatic nitrogens is 1. The normalized spacial score (nSPS) is 14.4. The summed E-state index contributed by atoms with van der Waals surface area (Å²) in [7, 11) is 0. The molecule has 0 saturated heterocycles. The number of pyridine rings is 1. The topological polar surface area (TPSA) is 51.2 Å². The van der Waals surface area contributed by atoms with Crippen LogP contribution in [0, 0.1) is 0 Å². The van der Waals surface area contributed by atoms with E-state index in [-0.39, 0.29) is 28.5 Å². The largest absolute Gasteiger partial charge is 0.490 e. The number of amides is 1. The highest BCUT2D eigenvalue weighted by atomic mass is 35.5. The second-order valence-corrected chi connectivity index (χ2v) is 7.03. The molecule has 1 aliphatic carbocycles. The van der Waals surface area contributed by atoms with Crippen molar-refractivity contribution in [2.75, 3.05) is 12.0 Å². The van der Waals surface area contributed by atoms with Crippen LogP contribution in [0.3, 0.4) is 0 Å². The van der Waals surface area contributed by atoms with Crippen molar-refractivity contribution in [3.63, 3.8) is 0 Å². The highest BCUT2D eigenvalue weighted by Gasteiger charge is 2.20. The average molecular weight is 397 g/mol. The Morgan fingerprint density at radius 2 is 1.92 bits per heavy atom. The summed E-state index contributed by atoms with van der Waals surface area (Å²) in [6.45, 7) is -0.477. The van der Waals surface area contributed by atoms with Gasteiger partial charge in [0.05, 0.1) is 28.5 Å². The molecule has 4 nitrogen and oxygen atoms in total. The Hall–Kier alpha value is -1.85. The van der Waals surface area contributed by atoms with Crippen LogP contribution in [0.5, 0.6) is 5.75 Å². The maximum atomic E-state index is 12.8. The van der Waals surface area contributed by atoms with Crippen molar-refractivity contribution in [1.29, 1.82) is 0 Å². The molecule has 2 aromatic rings. The van der Waals surface area contributed by atoms with Crippen molar-refractivity contribution in [3.05, 3.63) is 51.8 Å². The number of benzene rings is 1. The molecule has 1 saturated carbocycles. The predicted octanol–water partition coefficient (Wildman–Crippen LogP) is 5.47. The third-order valence-corrected chi connectivity index (χ3v) is 4.95. The molecule has 1 fully saturated rings. The lowest BCUT2D eigenvalue weighted by Gasteiger charge is -2.17. The molecule has 3 rings (SSSR count). The molecule has 0 aliphatic heterocycles. The van der Waals surface area contributed by atoms with Gasteiger partial charge in [0.1, 0.15) is 5.75 Å². The van der Waals surface area contributed by atoms with Crippen LogP contribution < -0.4 is 10.1 Å². The summed E-state index contributed by atoms with van der Waals surface area (Å²) in [4.78, 5) is 16.5. The number of ether oxygens (including phenoxy) is 1. The lowest BCUT2D eigenvalue weighted by molar-refractivity contribution is 0.102. The fourth-order valence-corrected chi connectivity index (χ4v) is 3.48. The molecular weight excluding hydrogens is 378 g/mol. The molecule has 1 N–H and O–H groups in total. The summed E-state index contributed by atoms with van der Waals surface area (Å²) in [5, 5.41) is 3.20. The van der Waals surface area contributed by atoms with Crippen molar-refractivity contribution in [2.45, 2.75) is 38.2 Å². The zero-order chi connectivity index (χ0) is 18.5. The second kappa shape index (κ2) is 8.69. The fourth-order valence-electron chi connectivity index (χ4n) is 3.02. The molecule has 26 heavy (non-hydrogen) atoms. The number of hydrogen-bond acceptors (Lipinski definition) is 3. The third kappa shape index (κ3) is 4.46. The van der Waals surface area contributed by atoms with Crippen LogP contribution in [0.15, 0.2) is 30.6 Å². The summed E-state index contributed by atoms with van der Waals surface area (Å²) in [5.74, 6) is 0.192. The number of hydrogen-bond donors (Lipinski definition) is 1. The van der Waals surface area contributed by atoms with Crippen molar-refractivity contribution in [1.82, 2.24) is 4.98 Å².